The Morgan fingerprint density at radius 3 is 2.94 bits per heavy atom. The Morgan fingerprint density at radius 1 is 1.33 bits per heavy atom. The van der Waals surface area contributed by atoms with Crippen LogP contribution < -0.4 is 10.1 Å². The number of hydrogen-bond acceptors (Lipinski definition) is 4. The number of aromatic nitrogens is 1. The minimum atomic E-state index is 0.760. The molecule has 100 valence electrons. The van der Waals surface area contributed by atoms with E-state index in [0.717, 1.165) is 31.3 Å². The Bertz CT molecular complexity index is 351. The maximum absolute atomic E-state index is 5.77. The molecule has 0 radical (unpaired) electrons. The van der Waals surface area contributed by atoms with E-state index in [9.17, 15) is 0 Å². The molecule has 0 amide bonds. The fraction of sp³-hybridized carbons (Fsp3) is 0.643. The van der Waals surface area contributed by atoms with Gasteiger partial charge in [0.15, 0.2) is 0 Å². The molecule has 0 aliphatic carbocycles. The van der Waals surface area contributed by atoms with Crippen LogP contribution >= 0.6 is 0 Å². The van der Waals surface area contributed by atoms with Gasteiger partial charge in [0.25, 0.3) is 0 Å². The fourth-order valence-corrected chi connectivity index (χ4v) is 2.25. The second-order valence-electron chi connectivity index (χ2n) is 4.66. The van der Waals surface area contributed by atoms with Gasteiger partial charge in [0.1, 0.15) is 18.2 Å². The third kappa shape index (κ3) is 4.18. The molecule has 1 aliphatic heterocycles. The fourth-order valence-electron chi connectivity index (χ4n) is 2.25. The SMILES string of the molecule is CCNc1cc(OCCN2CCCCC2)ccn1. The van der Waals surface area contributed by atoms with Gasteiger partial charge in [-0.2, -0.15) is 0 Å². The molecule has 18 heavy (non-hydrogen) atoms. The van der Waals surface area contributed by atoms with Crippen molar-refractivity contribution < 1.29 is 4.74 Å². The van der Waals surface area contributed by atoms with E-state index >= 15 is 0 Å². The van der Waals surface area contributed by atoms with E-state index in [1.807, 2.05) is 12.1 Å². The van der Waals surface area contributed by atoms with Crippen molar-refractivity contribution >= 4 is 5.82 Å². The second kappa shape index (κ2) is 7.21. The first-order valence-electron chi connectivity index (χ1n) is 6.93. The van der Waals surface area contributed by atoms with E-state index in [1.165, 1.54) is 32.4 Å². The maximum atomic E-state index is 5.77. The van der Waals surface area contributed by atoms with Gasteiger partial charge in [-0.1, -0.05) is 6.42 Å². The van der Waals surface area contributed by atoms with Gasteiger partial charge >= 0.3 is 0 Å². The molecular weight excluding hydrogens is 226 g/mol. The number of rotatable bonds is 6. The van der Waals surface area contributed by atoms with Gasteiger partial charge in [0, 0.05) is 25.4 Å². The molecule has 4 heteroatoms. The Hall–Kier alpha value is -1.29. The third-order valence-electron chi connectivity index (χ3n) is 3.21. The van der Waals surface area contributed by atoms with Gasteiger partial charge < -0.3 is 10.1 Å². The lowest BCUT2D eigenvalue weighted by molar-refractivity contribution is 0.183. The second-order valence-corrected chi connectivity index (χ2v) is 4.66. The quantitative estimate of drug-likeness (QED) is 0.840. The summed E-state index contributed by atoms with van der Waals surface area (Å²) in [5.74, 6) is 1.78. The number of nitrogens with one attached hydrogen (secondary N) is 1. The highest BCUT2D eigenvalue weighted by Gasteiger charge is 2.09. The predicted octanol–water partition coefficient (Wildman–Crippen LogP) is 2.38. The normalized spacial score (nSPS) is 16.5. The lowest BCUT2D eigenvalue weighted by Crippen LogP contribution is -2.33. The van der Waals surface area contributed by atoms with Crippen molar-refractivity contribution in [3.05, 3.63) is 18.3 Å². The van der Waals surface area contributed by atoms with Crippen LogP contribution in [-0.4, -0.2) is 42.7 Å². The lowest BCUT2D eigenvalue weighted by atomic mass is 10.1. The van der Waals surface area contributed by atoms with Crippen molar-refractivity contribution in [1.29, 1.82) is 0 Å². The molecule has 2 heterocycles. The minimum absolute atomic E-state index is 0.760. The number of anilines is 1. The molecule has 1 fully saturated rings. The summed E-state index contributed by atoms with van der Waals surface area (Å²) in [6, 6.07) is 3.87. The highest BCUT2D eigenvalue weighted by Crippen LogP contribution is 2.14. The molecule has 0 saturated carbocycles. The van der Waals surface area contributed by atoms with E-state index in [-0.39, 0.29) is 0 Å². The van der Waals surface area contributed by atoms with Crippen LogP contribution in [0.3, 0.4) is 0 Å². The van der Waals surface area contributed by atoms with Gasteiger partial charge in [-0.05, 0) is 38.9 Å². The molecule has 0 unspecified atom stereocenters. The smallest absolute Gasteiger partial charge is 0.129 e. The van der Waals surface area contributed by atoms with Crippen molar-refractivity contribution in [3.63, 3.8) is 0 Å². The van der Waals surface area contributed by atoms with Gasteiger partial charge in [0.2, 0.25) is 0 Å². The monoisotopic (exact) mass is 249 g/mol. The Labute approximate surface area is 109 Å². The van der Waals surface area contributed by atoms with Gasteiger partial charge in [-0.25, -0.2) is 4.98 Å². The van der Waals surface area contributed by atoms with Crippen LogP contribution in [0.2, 0.25) is 0 Å². The average molecular weight is 249 g/mol. The molecule has 4 nitrogen and oxygen atoms in total. The number of hydrogen-bond donors (Lipinski definition) is 1. The summed E-state index contributed by atoms with van der Waals surface area (Å²) in [5, 5.41) is 3.19. The Kier molecular flexibility index (Phi) is 5.27. The largest absolute Gasteiger partial charge is 0.492 e. The Morgan fingerprint density at radius 2 is 2.17 bits per heavy atom. The molecule has 0 bridgehead atoms. The van der Waals surface area contributed by atoms with Crippen molar-refractivity contribution in [2.45, 2.75) is 26.2 Å². The molecule has 1 aliphatic rings. The molecular formula is C14H23N3O. The van der Waals surface area contributed by atoms with Crippen LogP contribution in [0.25, 0.3) is 0 Å². The van der Waals surface area contributed by atoms with E-state index in [4.69, 9.17) is 4.74 Å². The van der Waals surface area contributed by atoms with Crippen molar-refractivity contribution in [1.82, 2.24) is 9.88 Å². The van der Waals surface area contributed by atoms with Crippen LogP contribution in [0.4, 0.5) is 5.82 Å². The summed E-state index contributed by atoms with van der Waals surface area (Å²) >= 11 is 0. The summed E-state index contributed by atoms with van der Waals surface area (Å²) < 4.78 is 5.77. The summed E-state index contributed by atoms with van der Waals surface area (Å²) in [6.45, 7) is 7.18. The minimum Gasteiger partial charge on any atom is -0.492 e. The number of nitrogens with zero attached hydrogens (tertiary/aromatic N) is 2. The number of piperidine rings is 1. The van der Waals surface area contributed by atoms with E-state index in [1.54, 1.807) is 6.20 Å². The molecule has 1 N–H and O–H groups in total. The number of likely N-dealkylation sites (tertiary alicyclic amines) is 1. The van der Waals surface area contributed by atoms with Gasteiger partial charge in [0.05, 0.1) is 0 Å². The standard InChI is InChI=1S/C14H23N3O/c1-2-15-14-12-13(6-7-16-14)18-11-10-17-8-4-3-5-9-17/h6-7,12H,2-5,8-11H2,1H3,(H,15,16). The highest BCUT2D eigenvalue weighted by molar-refractivity contribution is 5.40. The molecule has 1 aromatic heterocycles. The average Bonchev–Trinajstić information content (AvgIpc) is 2.41. The van der Waals surface area contributed by atoms with Gasteiger partial charge in [-0.3, -0.25) is 4.90 Å². The highest BCUT2D eigenvalue weighted by atomic mass is 16.5. The van der Waals surface area contributed by atoms with Crippen LogP contribution in [0, 0.1) is 0 Å². The third-order valence-corrected chi connectivity index (χ3v) is 3.21. The van der Waals surface area contributed by atoms with Crippen LogP contribution in [0.15, 0.2) is 18.3 Å². The molecule has 0 atom stereocenters. The summed E-state index contributed by atoms with van der Waals surface area (Å²) in [7, 11) is 0. The zero-order chi connectivity index (χ0) is 12.6. The Balaban J connectivity index is 1.73. The van der Waals surface area contributed by atoms with E-state index < -0.39 is 0 Å². The summed E-state index contributed by atoms with van der Waals surface area (Å²) in [4.78, 5) is 6.71. The molecule has 2 rings (SSSR count). The lowest BCUT2D eigenvalue weighted by Gasteiger charge is -2.26. The molecule has 0 spiro atoms. The topological polar surface area (TPSA) is 37.4 Å². The predicted molar refractivity (Wildman–Crippen MR) is 74.2 cm³/mol. The molecule has 1 aromatic rings. The first kappa shape index (κ1) is 13.1. The van der Waals surface area contributed by atoms with Crippen molar-refractivity contribution in [2.24, 2.45) is 0 Å². The van der Waals surface area contributed by atoms with Crippen LogP contribution in [0.5, 0.6) is 5.75 Å². The van der Waals surface area contributed by atoms with E-state index in [2.05, 4.69) is 22.1 Å². The number of ether oxygens (including phenoxy) is 1. The zero-order valence-corrected chi connectivity index (χ0v) is 11.2. The number of pyridine rings is 1. The first-order chi connectivity index (χ1) is 8.88. The molecule has 1 saturated heterocycles. The maximum Gasteiger partial charge on any atom is 0.129 e. The van der Waals surface area contributed by atoms with Crippen LogP contribution in [0.1, 0.15) is 26.2 Å². The summed E-state index contributed by atoms with van der Waals surface area (Å²) in [6.07, 6.45) is 5.83. The van der Waals surface area contributed by atoms with Crippen LogP contribution in [-0.2, 0) is 0 Å². The zero-order valence-electron chi connectivity index (χ0n) is 11.2. The van der Waals surface area contributed by atoms with E-state index in [0.29, 0.717) is 0 Å². The van der Waals surface area contributed by atoms with Crippen molar-refractivity contribution in [3.8, 4) is 5.75 Å². The van der Waals surface area contributed by atoms with Crippen molar-refractivity contribution in [2.75, 3.05) is 38.1 Å². The summed E-state index contributed by atoms with van der Waals surface area (Å²) in [5.41, 5.74) is 0. The first-order valence-corrected chi connectivity index (χ1v) is 6.93. The molecule has 0 aromatic carbocycles. The van der Waals surface area contributed by atoms with Gasteiger partial charge in [-0.15, -0.1) is 0 Å².